The molecule has 0 radical (unpaired) electrons. The monoisotopic (exact) mass is 834 g/mol. The predicted molar refractivity (Wildman–Crippen MR) is 267 cm³/mol. The van der Waals surface area contributed by atoms with Crippen LogP contribution in [-0.4, -0.2) is 19.9 Å². The summed E-state index contributed by atoms with van der Waals surface area (Å²) in [7, 11) is 0. The minimum absolute atomic E-state index is 0.00959. The summed E-state index contributed by atoms with van der Waals surface area (Å²) in [5.41, 5.74) is 20.1. The smallest absolute Gasteiger partial charge is 0.254 e. The minimum Gasteiger partial charge on any atom is -0.490 e. The van der Waals surface area contributed by atoms with Crippen LogP contribution < -0.4 is 35.7 Å². The van der Waals surface area contributed by atoms with Crippen LogP contribution in [0.3, 0.4) is 0 Å². The average Bonchev–Trinajstić information content (AvgIpc) is 3.43. The zero-order chi connectivity index (χ0) is 43.6. The van der Waals surface area contributed by atoms with Crippen molar-refractivity contribution in [2.24, 2.45) is 0 Å². The zero-order valence-corrected chi connectivity index (χ0v) is 39.4. The first-order valence-electron chi connectivity index (χ1n) is 22.5. The molecule has 6 heteroatoms. The molecule has 0 saturated heterocycles. The molecule has 0 amide bonds. The van der Waals surface area contributed by atoms with E-state index in [4.69, 9.17) is 9.47 Å². The number of nitrogens with zero attached hydrogens (tertiary/aromatic N) is 2. The van der Waals surface area contributed by atoms with Crippen molar-refractivity contribution in [3.63, 3.8) is 0 Å². The van der Waals surface area contributed by atoms with E-state index >= 15 is 0 Å². The number of rotatable bonds is 3. The molecule has 3 aliphatic rings. The Morgan fingerprint density at radius 1 is 0.548 bits per heavy atom. The highest BCUT2D eigenvalue weighted by molar-refractivity contribution is 7.26. The van der Waals surface area contributed by atoms with Crippen LogP contribution in [0.4, 0.5) is 33.4 Å². The van der Waals surface area contributed by atoms with Crippen molar-refractivity contribution in [3.05, 3.63) is 137 Å². The van der Waals surface area contributed by atoms with Gasteiger partial charge in [-0.15, -0.1) is 11.3 Å². The normalized spacial score (nSPS) is 14.7. The van der Waals surface area contributed by atoms with Gasteiger partial charge in [0.25, 0.3) is 6.71 Å². The molecule has 4 heterocycles. The van der Waals surface area contributed by atoms with Crippen LogP contribution in [0.1, 0.15) is 102 Å². The number of thiophene rings is 1. The molecule has 0 N–H and O–H groups in total. The topological polar surface area (TPSA) is 24.9 Å². The van der Waals surface area contributed by atoms with Crippen molar-refractivity contribution in [3.8, 4) is 22.6 Å². The number of hydrogen-bond acceptors (Lipinski definition) is 5. The van der Waals surface area contributed by atoms with Gasteiger partial charge in [-0.3, -0.25) is 0 Å². The SMILES string of the molecule is Cc1cc2c3c(c1)N(c1c(C)cc(C(C)(C)C)cc1C)c1sc4ccc(C(C)(C)C)cc4c1B3c1cc3c(cc1N2c1ccc(C(C)(C)C)cc1-c1ccccc1)OCCCO3. The fourth-order valence-electron chi connectivity index (χ4n) is 10.0. The van der Waals surface area contributed by atoms with Crippen LogP contribution in [0.25, 0.3) is 21.2 Å². The van der Waals surface area contributed by atoms with E-state index in [0.717, 1.165) is 29.3 Å². The highest BCUT2D eigenvalue weighted by Gasteiger charge is 2.47. The van der Waals surface area contributed by atoms with Crippen molar-refractivity contribution >= 4 is 78.0 Å². The molecule has 6 aromatic carbocycles. The summed E-state index contributed by atoms with van der Waals surface area (Å²) in [4.78, 5) is 5.20. The van der Waals surface area contributed by atoms with Gasteiger partial charge in [-0.05, 0) is 134 Å². The Bertz CT molecular complexity index is 2920. The molecule has 0 bridgehead atoms. The lowest BCUT2D eigenvalue weighted by Gasteiger charge is -2.44. The third-order valence-electron chi connectivity index (χ3n) is 13.3. The second-order valence-electron chi connectivity index (χ2n) is 21.1. The molecule has 10 rings (SSSR count). The van der Waals surface area contributed by atoms with Crippen LogP contribution in [0, 0.1) is 20.8 Å². The van der Waals surface area contributed by atoms with Crippen molar-refractivity contribution < 1.29 is 9.47 Å². The zero-order valence-electron chi connectivity index (χ0n) is 38.6. The van der Waals surface area contributed by atoms with Gasteiger partial charge < -0.3 is 19.3 Å². The number of benzene rings is 6. The van der Waals surface area contributed by atoms with Gasteiger partial charge >= 0.3 is 0 Å². The maximum absolute atomic E-state index is 6.58. The van der Waals surface area contributed by atoms with Crippen LogP contribution in [-0.2, 0) is 16.2 Å². The summed E-state index contributed by atoms with van der Waals surface area (Å²) in [6.45, 7) is 29.0. The Kier molecular flexibility index (Phi) is 9.36. The maximum atomic E-state index is 6.58. The quantitative estimate of drug-likeness (QED) is 0.166. The third-order valence-corrected chi connectivity index (χ3v) is 14.5. The molecule has 62 heavy (non-hydrogen) atoms. The summed E-state index contributed by atoms with van der Waals surface area (Å²) in [5.74, 6) is 1.64. The van der Waals surface area contributed by atoms with E-state index in [-0.39, 0.29) is 23.0 Å². The van der Waals surface area contributed by atoms with Crippen LogP contribution in [0.5, 0.6) is 11.5 Å². The van der Waals surface area contributed by atoms with E-state index in [1.165, 1.54) is 93.0 Å². The van der Waals surface area contributed by atoms with E-state index in [1.54, 1.807) is 0 Å². The fourth-order valence-corrected chi connectivity index (χ4v) is 11.3. The van der Waals surface area contributed by atoms with Crippen molar-refractivity contribution in [1.29, 1.82) is 0 Å². The molecule has 0 atom stereocenters. The van der Waals surface area contributed by atoms with Gasteiger partial charge in [0.1, 0.15) is 0 Å². The first-order chi connectivity index (χ1) is 29.4. The molecule has 7 aromatic rings. The van der Waals surface area contributed by atoms with Crippen molar-refractivity contribution in [1.82, 2.24) is 0 Å². The molecule has 0 saturated carbocycles. The van der Waals surface area contributed by atoms with E-state index in [1.807, 2.05) is 11.3 Å². The van der Waals surface area contributed by atoms with Gasteiger partial charge in [0.15, 0.2) is 11.5 Å². The Hall–Kier alpha value is -5.46. The number of fused-ring (bicyclic) bond motifs is 7. The maximum Gasteiger partial charge on any atom is 0.254 e. The summed E-state index contributed by atoms with van der Waals surface area (Å²) in [6.07, 6.45) is 0.846. The van der Waals surface area contributed by atoms with E-state index < -0.39 is 0 Å². The molecule has 0 spiro atoms. The summed E-state index contributed by atoms with van der Waals surface area (Å²) in [5, 5.41) is 2.62. The fraction of sp³-hybridized carbons (Fsp3) is 0.321. The van der Waals surface area contributed by atoms with Gasteiger partial charge in [0, 0.05) is 39.8 Å². The molecule has 3 aliphatic heterocycles. The van der Waals surface area contributed by atoms with Crippen LogP contribution >= 0.6 is 11.3 Å². The standard InChI is InChI=1S/C56H59BN2O2S/c1-33-25-45-51-46(26-33)59(52-34(2)27-39(28-35(52)3)56(10,11)12)53-50(41-30-38(55(7,8)9)20-22-49(41)62-53)57(51)42-31-47-48(61-24-16-23-60-47)32-44(42)58(45)43-21-19-37(54(4,5)6)29-40(43)36-17-14-13-15-18-36/h13-15,17-22,25-32H,16,23-24H2,1-12H3. The Morgan fingerprint density at radius 3 is 1.79 bits per heavy atom. The summed E-state index contributed by atoms with van der Waals surface area (Å²) >= 11 is 1.93. The predicted octanol–water partition coefficient (Wildman–Crippen LogP) is 13.6. The van der Waals surface area contributed by atoms with Gasteiger partial charge in [-0.1, -0.05) is 123 Å². The second kappa shape index (κ2) is 14.3. The molecule has 0 aliphatic carbocycles. The van der Waals surface area contributed by atoms with E-state index in [0.29, 0.717) is 13.2 Å². The highest BCUT2D eigenvalue weighted by Crippen LogP contribution is 2.52. The summed E-state index contributed by atoms with van der Waals surface area (Å²) < 4.78 is 14.4. The van der Waals surface area contributed by atoms with Crippen LogP contribution in [0.15, 0.2) is 103 Å². The molecule has 0 fully saturated rings. The first-order valence-corrected chi connectivity index (χ1v) is 23.3. The molecule has 0 unspecified atom stereocenters. The third kappa shape index (κ3) is 6.55. The lowest BCUT2D eigenvalue weighted by atomic mass is 9.33. The largest absolute Gasteiger partial charge is 0.490 e. The molecule has 4 nitrogen and oxygen atoms in total. The Balaban J connectivity index is 1.35. The lowest BCUT2D eigenvalue weighted by Crippen LogP contribution is -2.61. The van der Waals surface area contributed by atoms with Crippen molar-refractivity contribution in [2.45, 2.75) is 106 Å². The van der Waals surface area contributed by atoms with Crippen LogP contribution in [0.2, 0.25) is 0 Å². The number of aryl methyl sites for hydroxylation is 3. The van der Waals surface area contributed by atoms with Gasteiger partial charge in [-0.25, -0.2) is 0 Å². The molecule has 314 valence electrons. The van der Waals surface area contributed by atoms with Gasteiger partial charge in [0.05, 0.1) is 29.6 Å². The Morgan fingerprint density at radius 2 is 1.15 bits per heavy atom. The molecule has 1 aromatic heterocycles. The number of hydrogen-bond donors (Lipinski definition) is 0. The van der Waals surface area contributed by atoms with Gasteiger partial charge in [0.2, 0.25) is 0 Å². The van der Waals surface area contributed by atoms with Crippen molar-refractivity contribution in [2.75, 3.05) is 23.0 Å². The van der Waals surface area contributed by atoms with E-state index in [2.05, 4.69) is 196 Å². The second-order valence-corrected chi connectivity index (χ2v) is 22.1. The summed E-state index contributed by atoms with van der Waals surface area (Å²) in [6, 6.07) is 39.7. The molecular formula is C56H59BN2O2S. The Labute approximate surface area is 373 Å². The minimum atomic E-state index is -0.0531. The highest BCUT2D eigenvalue weighted by atomic mass is 32.1. The molecular weight excluding hydrogens is 776 g/mol. The number of anilines is 6. The first kappa shape index (κ1) is 40.6. The van der Waals surface area contributed by atoms with Gasteiger partial charge in [-0.2, -0.15) is 0 Å². The number of ether oxygens (including phenoxy) is 2. The average molecular weight is 835 g/mol. The van der Waals surface area contributed by atoms with E-state index in [9.17, 15) is 0 Å². The lowest BCUT2D eigenvalue weighted by molar-refractivity contribution is 0.297.